The van der Waals surface area contributed by atoms with Crippen molar-refractivity contribution in [1.29, 1.82) is 0 Å². The molecule has 0 aliphatic rings. The molecule has 10 N–H and O–H groups in total. The second-order valence-corrected chi connectivity index (χ2v) is 8.12. The molecule has 0 saturated carbocycles. The fraction of sp³-hybridized carbons (Fsp3) is 0.455. The van der Waals surface area contributed by atoms with E-state index >= 15 is 0 Å². The number of phenolic OH excluding ortho intramolecular Hbond substituents is 1. The Morgan fingerprint density at radius 2 is 1.31 bits per heavy atom. The summed E-state index contributed by atoms with van der Waals surface area (Å²) in [6.45, 7) is 1.40. The van der Waals surface area contributed by atoms with Crippen molar-refractivity contribution >= 4 is 35.6 Å². The number of phenols is 1. The van der Waals surface area contributed by atoms with Crippen LogP contribution in [0.1, 0.15) is 38.2 Å². The molecular weight excluding hydrogens is 478 g/mol. The molecule has 14 nitrogen and oxygen atoms in total. The number of carbonyl (C=O) groups is 6. The molecule has 4 atom stereocenters. The number of hydrogen-bond acceptors (Lipinski definition) is 8. The average molecular weight is 510 g/mol. The Bertz CT molecular complexity index is 965. The summed E-state index contributed by atoms with van der Waals surface area (Å²) in [5, 5.41) is 34.5. The van der Waals surface area contributed by atoms with E-state index in [-0.39, 0.29) is 25.0 Å². The first-order valence-electron chi connectivity index (χ1n) is 11.0. The molecule has 0 heterocycles. The van der Waals surface area contributed by atoms with Crippen molar-refractivity contribution in [3.8, 4) is 5.75 Å². The van der Waals surface area contributed by atoms with E-state index in [9.17, 15) is 39.0 Å². The van der Waals surface area contributed by atoms with Gasteiger partial charge in [-0.05, 0) is 37.5 Å². The fourth-order valence-electron chi connectivity index (χ4n) is 3.01. The van der Waals surface area contributed by atoms with Crippen LogP contribution in [0.2, 0.25) is 0 Å². The summed E-state index contributed by atoms with van der Waals surface area (Å²) < 4.78 is 0. The third kappa shape index (κ3) is 10.8. The van der Waals surface area contributed by atoms with E-state index in [4.69, 9.17) is 16.6 Å². The molecular formula is C22H31N5O9. The van der Waals surface area contributed by atoms with E-state index in [1.807, 2.05) is 0 Å². The summed E-state index contributed by atoms with van der Waals surface area (Å²) in [5.74, 6) is -6.03. The maximum atomic E-state index is 13.1. The molecule has 0 aromatic heterocycles. The largest absolute Gasteiger partial charge is 0.508 e. The van der Waals surface area contributed by atoms with Crippen molar-refractivity contribution in [3.63, 3.8) is 0 Å². The summed E-state index contributed by atoms with van der Waals surface area (Å²) in [7, 11) is 0. The number of amides is 4. The van der Waals surface area contributed by atoms with E-state index < -0.39 is 72.6 Å². The number of aliphatic carboxylic acids is 2. The van der Waals surface area contributed by atoms with Gasteiger partial charge >= 0.3 is 11.9 Å². The number of nitrogens with two attached hydrogens (primary N) is 2. The molecule has 0 fully saturated rings. The van der Waals surface area contributed by atoms with Crippen molar-refractivity contribution in [2.45, 2.75) is 63.2 Å². The molecule has 1 rings (SSSR count). The molecule has 1 aromatic rings. The Balaban J connectivity index is 3.10. The van der Waals surface area contributed by atoms with Crippen molar-refractivity contribution in [2.75, 3.05) is 0 Å². The molecule has 198 valence electrons. The van der Waals surface area contributed by atoms with Crippen LogP contribution in [-0.2, 0) is 35.2 Å². The number of carboxylic acids is 2. The van der Waals surface area contributed by atoms with Gasteiger partial charge in [-0.2, -0.15) is 0 Å². The van der Waals surface area contributed by atoms with E-state index in [2.05, 4.69) is 16.0 Å². The molecule has 36 heavy (non-hydrogen) atoms. The number of hydrogen-bond donors (Lipinski definition) is 8. The minimum absolute atomic E-state index is 0.0153. The Morgan fingerprint density at radius 3 is 1.81 bits per heavy atom. The van der Waals surface area contributed by atoms with Crippen molar-refractivity contribution in [1.82, 2.24) is 16.0 Å². The molecule has 0 aliphatic carbocycles. The first-order valence-corrected chi connectivity index (χ1v) is 11.0. The summed E-state index contributed by atoms with van der Waals surface area (Å²) in [6, 6.07) is 0.626. The van der Waals surface area contributed by atoms with Gasteiger partial charge in [0, 0.05) is 19.3 Å². The van der Waals surface area contributed by atoms with Crippen molar-refractivity contribution in [2.24, 2.45) is 11.5 Å². The van der Waals surface area contributed by atoms with Crippen LogP contribution in [0.3, 0.4) is 0 Å². The maximum absolute atomic E-state index is 13.1. The zero-order chi connectivity index (χ0) is 27.4. The number of carboxylic acid groups (broad SMARTS) is 2. The Morgan fingerprint density at radius 1 is 0.806 bits per heavy atom. The monoisotopic (exact) mass is 509 g/mol. The molecule has 0 radical (unpaired) electrons. The van der Waals surface area contributed by atoms with E-state index in [1.54, 1.807) is 0 Å². The summed E-state index contributed by atoms with van der Waals surface area (Å²) in [6.07, 6.45) is -1.62. The normalized spacial score (nSPS) is 13.9. The van der Waals surface area contributed by atoms with Crippen LogP contribution in [-0.4, -0.2) is 75.1 Å². The predicted octanol–water partition coefficient (Wildman–Crippen LogP) is -2.05. The van der Waals surface area contributed by atoms with Crippen LogP contribution >= 0.6 is 0 Å². The number of carbonyl (C=O) groups excluding carboxylic acids is 4. The van der Waals surface area contributed by atoms with Crippen LogP contribution in [0.5, 0.6) is 5.75 Å². The molecule has 0 aliphatic heterocycles. The SMILES string of the molecule is CC(N)C(=O)NC(Cc1ccc(O)cc1)C(=O)NC(CCC(N)=O)C(=O)NC(CCC(=O)O)C(=O)O. The zero-order valence-corrected chi connectivity index (χ0v) is 19.6. The van der Waals surface area contributed by atoms with Crippen LogP contribution < -0.4 is 27.4 Å². The van der Waals surface area contributed by atoms with Gasteiger partial charge in [-0.25, -0.2) is 4.79 Å². The molecule has 1 aromatic carbocycles. The number of benzene rings is 1. The van der Waals surface area contributed by atoms with E-state index in [0.717, 1.165) is 0 Å². The Labute approximate surface area is 206 Å². The van der Waals surface area contributed by atoms with E-state index in [0.29, 0.717) is 5.56 Å². The van der Waals surface area contributed by atoms with Crippen LogP contribution in [0.15, 0.2) is 24.3 Å². The van der Waals surface area contributed by atoms with Gasteiger partial charge in [0.1, 0.15) is 23.9 Å². The maximum Gasteiger partial charge on any atom is 0.326 e. The Kier molecular flexibility index (Phi) is 11.8. The highest BCUT2D eigenvalue weighted by molar-refractivity contribution is 5.94. The molecule has 14 heteroatoms. The minimum atomic E-state index is -1.56. The Hall–Kier alpha value is -4.20. The van der Waals surface area contributed by atoms with Crippen LogP contribution in [0, 0.1) is 0 Å². The highest BCUT2D eigenvalue weighted by Gasteiger charge is 2.30. The molecule has 4 unspecified atom stereocenters. The molecule has 4 amide bonds. The van der Waals surface area contributed by atoms with Gasteiger partial charge in [-0.1, -0.05) is 12.1 Å². The average Bonchev–Trinajstić information content (AvgIpc) is 2.79. The fourth-order valence-corrected chi connectivity index (χ4v) is 3.01. The lowest BCUT2D eigenvalue weighted by atomic mass is 10.0. The highest BCUT2D eigenvalue weighted by Crippen LogP contribution is 2.12. The molecule has 0 saturated heterocycles. The minimum Gasteiger partial charge on any atom is -0.508 e. The smallest absolute Gasteiger partial charge is 0.326 e. The van der Waals surface area contributed by atoms with Gasteiger partial charge in [-0.15, -0.1) is 0 Å². The number of rotatable bonds is 15. The van der Waals surface area contributed by atoms with Gasteiger partial charge in [0.15, 0.2) is 0 Å². The predicted molar refractivity (Wildman–Crippen MR) is 124 cm³/mol. The van der Waals surface area contributed by atoms with Crippen LogP contribution in [0.4, 0.5) is 0 Å². The second-order valence-electron chi connectivity index (χ2n) is 8.12. The zero-order valence-electron chi connectivity index (χ0n) is 19.6. The summed E-state index contributed by atoms with van der Waals surface area (Å²) in [5.41, 5.74) is 11.3. The molecule has 0 spiro atoms. The second kappa shape index (κ2) is 14.3. The van der Waals surface area contributed by atoms with Crippen LogP contribution in [0.25, 0.3) is 0 Å². The third-order valence-corrected chi connectivity index (χ3v) is 5.00. The standard InChI is InChI=1S/C22H31N5O9/c1-11(23)19(32)27-16(10-12-2-4-13(28)5-3-12)21(34)25-14(6-8-17(24)29)20(33)26-15(22(35)36)7-9-18(30)31/h2-5,11,14-16,28H,6-10,23H2,1H3,(H2,24,29)(H,25,34)(H,26,33)(H,27,32)(H,30,31)(H,35,36). The van der Waals surface area contributed by atoms with Gasteiger partial charge in [0.05, 0.1) is 6.04 Å². The van der Waals surface area contributed by atoms with Gasteiger partial charge in [-0.3, -0.25) is 24.0 Å². The lowest BCUT2D eigenvalue weighted by Gasteiger charge is -2.25. The lowest BCUT2D eigenvalue weighted by molar-refractivity contribution is -0.143. The van der Waals surface area contributed by atoms with Gasteiger partial charge < -0.3 is 42.7 Å². The quantitative estimate of drug-likeness (QED) is 0.128. The third-order valence-electron chi connectivity index (χ3n) is 5.00. The lowest BCUT2D eigenvalue weighted by Crippen LogP contribution is -2.57. The van der Waals surface area contributed by atoms with Gasteiger partial charge in [0.2, 0.25) is 23.6 Å². The number of nitrogens with one attached hydrogen (secondary N) is 3. The number of primary amides is 1. The summed E-state index contributed by atoms with van der Waals surface area (Å²) >= 11 is 0. The van der Waals surface area contributed by atoms with Crippen molar-refractivity contribution in [3.05, 3.63) is 29.8 Å². The topological polar surface area (TPSA) is 251 Å². The first kappa shape index (κ1) is 29.8. The highest BCUT2D eigenvalue weighted by atomic mass is 16.4. The number of aromatic hydroxyl groups is 1. The first-order chi connectivity index (χ1) is 16.8. The van der Waals surface area contributed by atoms with Crippen molar-refractivity contribution < 1.29 is 44.1 Å². The molecule has 0 bridgehead atoms. The van der Waals surface area contributed by atoms with Gasteiger partial charge in [0.25, 0.3) is 0 Å². The van der Waals surface area contributed by atoms with E-state index in [1.165, 1.54) is 31.2 Å². The summed E-state index contributed by atoms with van der Waals surface area (Å²) in [4.78, 5) is 71.5.